The molecule has 6 nitrogen and oxygen atoms in total. The Bertz CT molecular complexity index is 2210. The van der Waals surface area contributed by atoms with E-state index < -0.39 is 16.6 Å². The zero-order chi connectivity index (χ0) is 37.8. The van der Waals surface area contributed by atoms with E-state index in [1.165, 1.54) is 22.3 Å². The van der Waals surface area contributed by atoms with Crippen molar-refractivity contribution in [3.8, 4) is 56.4 Å². The third-order valence-electron chi connectivity index (χ3n) is 9.99. The van der Waals surface area contributed by atoms with E-state index in [-0.39, 0.29) is 10.8 Å². The number of benzene rings is 6. The highest BCUT2D eigenvalue weighted by atomic mass is 31.2. The summed E-state index contributed by atoms with van der Waals surface area (Å²) in [4.78, 5) is 0. The molecule has 2 unspecified atom stereocenters. The molecular formula is C46H46N2O4P2. The van der Waals surface area contributed by atoms with Crippen molar-refractivity contribution >= 4 is 38.6 Å². The van der Waals surface area contributed by atoms with Crippen molar-refractivity contribution in [2.75, 3.05) is 24.4 Å². The van der Waals surface area contributed by atoms with Gasteiger partial charge in [-0.3, -0.25) is 0 Å². The van der Waals surface area contributed by atoms with Gasteiger partial charge in [0, 0.05) is 55.4 Å². The van der Waals surface area contributed by atoms with Crippen molar-refractivity contribution in [2.45, 2.75) is 52.4 Å². The van der Waals surface area contributed by atoms with Crippen LogP contribution in [0.25, 0.3) is 33.4 Å². The number of para-hydroxylation sites is 2. The molecule has 0 spiro atoms. The Hall–Kier alpha value is -5.02. The molecule has 0 saturated carbocycles. The van der Waals surface area contributed by atoms with Gasteiger partial charge in [-0.1, -0.05) is 114 Å². The van der Waals surface area contributed by atoms with Crippen molar-refractivity contribution in [3.63, 3.8) is 0 Å². The first-order valence-electron chi connectivity index (χ1n) is 18.3. The molecule has 2 atom stereocenters. The molecule has 2 aliphatic rings. The molecule has 6 aromatic carbocycles. The highest BCUT2D eigenvalue weighted by Crippen LogP contribution is 2.57. The minimum absolute atomic E-state index is 0.300. The summed E-state index contributed by atoms with van der Waals surface area (Å²) in [7, 11) is 0.769. The van der Waals surface area contributed by atoms with Crippen LogP contribution < -0.4 is 39.3 Å². The molecule has 0 fully saturated rings. The van der Waals surface area contributed by atoms with E-state index in [2.05, 4.69) is 173 Å². The van der Waals surface area contributed by atoms with Crippen LogP contribution in [-0.2, 0) is 10.8 Å². The van der Waals surface area contributed by atoms with Crippen LogP contribution in [-0.4, -0.2) is 14.2 Å². The Morgan fingerprint density at radius 2 is 0.778 bits per heavy atom. The summed E-state index contributed by atoms with van der Waals surface area (Å²) in [6.07, 6.45) is 0. The van der Waals surface area contributed by atoms with Crippen LogP contribution in [0.4, 0.5) is 11.4 Å². The highest BCUT2D eigenvalue weighted by Gasteiger charge is 2.35. The van der Waals surface area contributed by atoms with Crippen molar-refractivity contribution in [3.05, 3.63) is 132 Å². The lowest BCUT2D eigenvalue weighted by Gasteiger charge is -2.34. The molecule has 0 radical (unpaired) electrons. The van der Waals surface area contributed by atoms with Crippen LogP contribution in [0.1, 0.15) is 52.7 Å². The average Bonchev–Trinajstić information content (AvgIpc) is 3.17. The summed E-state index contributed by atoms with van der Waals surface area (Å²) in [5, 5.41) is 9.86. The first kappa shape index (κ1) is 36.0. The maximum absolute atomic E-state index is 7.42. The van der Waals surface area contributed by atoms with Crippen LogP contribution in [0.3, 0.4) is 0 Å². The van der Waals surface area contributed by atoms with Gasteiger partial charge >= 0.3 is 0 Å². The Morgan fingerprint density at radius 1 is 0.426 bits per heavy atom. The second kappa shape index (κ2) is 14.0. The van der Waals surface area contributed by atoms with Crippen LogP contribution in [0.15, 0.2) is 121 Å². The average molecular weight is 753 g/mol. The molecule has 2 heterocycles. The van der Waals surface area contributed by atoms with E-state index in [0.29, 0.717) is 0 Å². The maximum atomic E-state index is 7.42. The third-order valence-corrected chi connectivity index (χ3v) is 13.3. The van der Waals surface area contributed by atoms with E-state index in [4.69, 9.17) is 18.5 Å². The van der Waals surface area contributed by atoms with Crippen LogP contribution >= 0.6 is 16.6 Å². The predicted octanol–water partition coefficient (Wildman–Crippen LogP) is 12.2. The summed E-state index contributed by atoms with van der Waals surface area (Å²) in [5.74, 6) is 3.04. The Labute approximate surface area is 321 Å². The van der Waals surface area contributed by atoms with Crippen molar-refractivity contribution in [1.29, 1.82) is 0 Å². The smallest absolute Gasteiger partial charge is 0.223 e. The number of hydrogen-bond acceptors (Lipinski definition) is 6. The van der Waals surface area contributed by atoms with E-state index in [1.54, 1.807) is 14.2 Å². The molecular weight excluding hydrogens is 706 g/mol. The molecule has 2 N–H and O–H groups in total. The predicted molar refractivity (Wildman–Crippen MR) is 228 cm³/mol. The van der Waals surface area contributed by atoms with Gasteiger partial charge in [0.1, 0.15) is 23.0 Å². The zero-order valence-electron chi connectivity index (χ0n) is 32.1. The number of ether oxygens (including phenoxy) is 2. The van der Waals surface area contributed by atoms with Gasteiger partial charge in [-0.05, 0) is 70.5 Å². The topological polar surface area (TPSA) is 61.0 Å². The number of rotatable bonds is 7. The number of fused-ring (bicyclic) bond motifs is 6. The fraction of sp³-hybridized carbons (Fsp3) is 0.217. The molecule has 0 saturated heterocycles. The third kappa shape index (κ3) is 6.57. The first-order valence-corrected chi connectivity index (χ1v) is 20.8. The van der Waals surface area contributed by atoms with E-state index >= 15 is 0 Å². The molecule has 274 valence electrons. The minimum Gasteiger partial charge on any atom is -0.497 e. The standard InChI is InChI=1S/C46H46N2O4P2/c1-45(2,3)37-27-29(49-7)25-35(43(37)51-53-41-23-15-11-19-33(41)31-17-9-13-21-39(31)47-53)36-26-30(50-8)28-38(46(4,5)6)44(36)52-54-42-24-16-12-20-34(42)32-18-10-14-22-40(32)48-54/h9-28,47-48H,1-8H3. The molecule has 0 bridgehead atoms. The monoisotopic (exact) mass is 752 g/mol. The fourth-order valence-electron chi connectivity index (χ4n) is 7.21. The van der Waals surface area contributed by atoms with Crippen LogP contribution in [0.2, 0.25) is 0 Å². The zero-order valence-corrected chi connectivity index (χ0v) is 33.9. The summed E-state index contributed by atoms with van der Waals surface area (Å²) in [6.45, 7) is 13.3. The SMILES string of the molecule is COc1cc(-c2cc(OC)cc(C(C)(C)C)c2OP2Nc3ccccc3-c3ccccc32)c(OP2Nc3ccccc3-c3ccccc32)c(C(C)(C)C)c1. The molecule has 0 amide bonds. The molecule has 0 aliphatic carbocycles. The van der Waals surface area contributed by atoms with Gasteiger partial charge < -0.3 is 28.7 Å². The summed E-state index contributed by atoms with van der Waals surface area (Å²) in [5.41, 5.74) is 10.0. The van der Waals surface area contributed by atoms with Gasteiger partial charge in [-0.15, -0.1) is 0 Å². The second-order valence-corrected chi connectivity index (χ2v) is 18.7. The van der Waals surface area contributed by atoms with E-state index in [0.717, 1.165) is 67.2 Å². The fourth-order valence-corrected chi connectivity index (χ4v) is 10.6. The maximum Gasteiger partial charge on any atom is 0.223 e. The Kier molecular flexibility index (Phi) is 9.33. The van der Waals surface area contributed by atoms with Gasteiger partial charge in [0.25, 0.3) is 0 Å². The normalized spacial score (nSPS) is 15.7. The summed E-state index contributed by atoms with van der Waals surface area (Å²) in [6, 6.07) is 42.4. The van der Waals surface area contributed by atoms with Gasteiger partial charge in [0.2, 0.25) is 16.6 Å². The largest absolute Gasteiger partial charge is 0.497 e. The number of anilines is 2. The first-order chi connectivity index (χ1) is 25.9. The van der Waals surface area contributed by atoms with Crippen LogP contribution in [0, 0.1) is 0 Å². The molecule has 8 rings (SSSR count). The van der Waals surface area contributed by atoms with Crippen molar-refractivity contribution in [1.82, 2.24) is 0 Å². The number of hydrogen-bond donors (Lipinski definition) is 2. The van der Waals surface area contributed by atoms with Gasteiger partial charge in [-0.25, -0.2) is 0 Å². The number of nitrogens with one attached hydrogen (secondary N) is 2. The molecule has 0 aromatic heterocycles. The van der Waals surface area contributed by atoms with Crippen molar-refractivity contribution in [2.24, 2.45) is 0 Å². The minimum atomic E-state index is -1.34. The lowest BCUT2D eigenvalue weighted by Crippen LogP contribution is -2.22. The van der Waals surface area contributed by atoms with Gasteiger partial charge in [0.05, 0.1) is 14.2 Å². The second-order valence-electron chi connectivity index (χ2n) is 15.7. The quantitative estimate of drug-likeness (QED) is 0.158. The number of methoxy groups -OCH3 is 2. The molecule has 6 aromatic rings. The highest BCUT2D eigenvalue weighted by molar-refractivity contribution is 7.63. The summed E-state index contributed by atoms with van der Waals surface area (Å²) < 4.78 is 26.9. The van der Waals surface area contributed by atoms with Gasteiger partial charge in [-0.2, -0.15) is 0 Å². The lowest BCUT2D eigenvalue weighted by molar-refractivity contribution is 0.410. The Morgan fingerprint density at radius 3 is 1.15 bits per heavy atom. The van der Waals surface area contributed by atoms with E-state index in [1.807, 2.05) is 0 Å². The molecule has 2 aliphatic heterocycles. The van der Waals surface area contributed by atoms with Crippen molar-refractivity contribution < 1.29 is 18.5 Å². The summed E-state index contributed by atoms with van der Waals surface area (Å²) >= 11 is 0. The molecule has 8 heteroatoms. The van der Waals surface area contributed by atoms with E-state index in [9.17, 15) is 0 Å². The molecule has 54 heavy (non-hydrogen) atoms. The Balaban J connectivity index is 1.36. The lowest BCUT2D eigenvalue weighted by atomic mass is 9.81. The van der Waals surface area contributed by atoms with Gasteiger partial charge in [0.15, 0.2) is 0 Å². The van der Waals surface area contributed by atoms with Crippen LogP contribution in [0.5, 0.6) is 23.0 Å².